The van der Waals surface area contributed by atoms with Gasteiger partial charge in [0.25, 0.3) is 0 Å². The van der Waals surface area contributed by atoms with Crippen molar-refractivity contribution >= 4 is 30.8 Å². The first kappa shape index (κ1) is 16.0. The quantitative estimate of drug-likeness (QED) is 0.493. The molecule has 0 aromatic heterocycles. The monoisotopic (exact) mass is 282 g/mol. The third-order valence-electron chi connectivity index (χ3n) is 3.72. The van der Waals surface area contributed by atoms with E-state index in [0.29, 0.717) is 5.56 Å². The molecule has 0 spiro atoms. The standard InChI is InChI=1S/C13H19BN2O2.ClH/c1-12(2)13(3,4)18-14(17-12)10-7-5-6-9(8-10)11(15)16;/h5-8H,1-4H3,(H3,15,16);1H. The molecule has 0 amide bonds. The predicted molar refractivity (Wildman–Crippen MR) is 80.4 cm³/mol. The van der Waals surface area contributed by atoms with E-state index in [0.717, 1.165) is 5.46 Å². The molecule has 104 valence electrons. The smallest absolute Gasteiger partial charge is 0.399 e. The summed E-state index contributed by atoms with van der Waals surface area (Å²) in [7, 11) is -0.408. The van der Waals surface area contributed by atoms with E-state index in [1.54, 1.807) is 6.07 Å². The minimum Gasteiger partial charge on any atom is -0.399 e. The summed E-state index contributed by atoms with van der Waals surface area (Å²) in [6.45, 7) is 8.06. The maximum atomic E-state index is 7.45. The summed E-state index contributed by atoms with van der Waals surface area (Å²) in [5.74, 6) is 0.0494. The van der Waals surface area contributed by atoms with Gasteiger partial charge in [0.15, 0.2) is 0 Å². The Balaban J connectivity index is 0.00000180. The second kappa shape index (κ2) is 5.15. The second-order valence-corrected chi connectivity index (χ2v) is 5.63. The van der Waals surface area contributed by atoms with Crippen molar-refractivity contribution in [3.63, 3.8) is 0 Å². The molecule has 4 nitrogen and oxygen atoms in total. The summed E-state index contributed by atoms with van der Waals surface area (Å²) in [6, 6.07) is 7.42. The van der Waals surface area contributed by atoms with Gasteiger partial charge in [0.1, 0.15) is 5.84 Å². The minimum atomic E-state index is -0.408. The van der Waals surface area contributed by atoms with Crippen LogP contribution in [0.2, 0.25) is 0 Å². The zero-order valence-electron chi connectivity index (χ0n) is 11.7. The zero-order valence-corrected chi connectivity index (χ0v) is 12.5. The number of hydrogen-bond acceptors (Lipinski definition) is 3. The Labute approximate surface area is 120 Å². The first-order valence-corrected chi connectivity index (χ1v) is 6.03. The Bertz CT molecular complexity index is 475. The second-order valence-electron chi connectivity index (χ2n) is 5.63. The molecule has 6 heteroatoms. The largest absolute Gasteiger partial charge is 0.494 e. The number of amidine groups is 1. The van der Waals surface area contributed by atoms with E-state index < -0.39 is 7.12 Å². The molecular weight excluding hydrogens is 262 g/mol. The lowest BCUT2D eigenvalue weighted by molar-refractivity contribution is 0.00578. The van der Waals surface area contributed by atoms with Crippen molar-refractivity contribution in [3.8, 4) is 0 Å². The van der Waals surface area contributed by atoms with Gasteiger partial charge in [-0.2, -0.15) is 0 Å². The molecule has 19 heavy (non-hydrogen) atoms. The Kier molecular flexibility index (Phi) is 4.35. The molecule has 1 heterocycles. The number of hydrogen-bond donors (Lipinski definition) is 2. The summed E-state index contributed by atoms with van der Waals surface area (Å²) in [5, 5.41) is 7.45. The fourth-order valence-corrected chi connectivity index (χ4v) is 1.83. The van der Waals surface area contributed by atoms with Crippen LogP contribution in [0.15, 0.2) is 24.3 Å². The number of halogens is 1. The first-order valence-electron chi connectivity index (χ1n) is 6.03. The van der Waals surface area contributed by atoms with Gasteiger partial charge in [0, 0.05) is 5.56 Å². The number of nitrogen functional groups attached to an aromatic ring is 1. The van der Waals surface area contributed by atoms with Gasteiger partial charge in [-0.3, -0.25) is 5.41 Å². The van der Waals surface area contributed by atoms with Gasteiger partial charge in [0.2, 0.25) is 0 Å². The van der Waals surface area contributed by atoms with Crippen LogP contribution in [-0.4, -0.2) is 24.2 Å². The molecule has 0 atom stereocenters. The van der Waals surface area contributed by atoms with E-state index in [4.69, 9.17) is 20.5 Å². The van der Waals surface area contributed by atoms with Gasteiger partial charge < -0.3 is 15.0 Å². The molecule has 0 saturated carbocycles. The fourth-order valence-electron chi connectivity index (χ4n) is 1.83. The van der Waals surface area contributed by atoms with Crippen molar-refractivity contribution in [2.45, 2.75) is 38.9 Å². The number of nitrogens with one attached hydrogen (secondary N) is 1. The van der Waals surface area contributed by atoms with Crippen LogP contribution < -0.4 is 11.2 Å². The fraction of sp³-hybridized carbons (Fsp3) is 0.462. The molecule has 1 aromatic carbocycles. The molecule has 0 bridgehead atoms. The van der Waals surface area contributed by atoms with Gasteiger partial charge in [-0.1, -0.05) is 24.3 Å². The van der Waals surface area contributed by atoms with Gasteiger partial charge in [-0.25, -0.2) is 0 Å². The van der Waals surface area contributed by atoms with Gasteiger partial charge in [-0.15, -0.1) is 12.4 Å². The highest BCUT2D eigenvalue weighted by Gasteiger charge is 2.51. The zero-order chi connectivity index (χ0) is 13.6. The van der Waals surface area contributed by atoms with E-state index in [-0.39, 0.29) is 29.4 Å². The van der Waals surface area contributed by atoms with Crippen LogP contribution in [0.5, 0.6) is 0 Å². The average Bonchev–Trinajstić information content (AvgIpc) is 2.48. The van der Waals surface area contributed by atoms with E-state index in [1.165, 1.54) is 0 Å². The van der Waals surface area contributed by atoms with Crippen LogP contribution in [0.1, 0.15) is 33.3 Å². The highest BCUT2D eigenvalue weighted by atomic mass is 35.5. The lowest BCUT2D eigenvalue weighted by Gasteiger charge is -2.32. The normalized spacial score (nSPS) is 19.9. The summed E-state index contributed by atoms with van der Waals surface area (Å²) < 4.78 is 11.9. The molecule has 2 rings (SSSR count). The van der Waals surface area contributed by atoms with E-state index >= 15 is 0 Å². The molecule has 0 radical (unpaired) electrons. The van der Waals surface area contributed by atoms with Crippen LogP contribution in [0.3, 0.4) is 0 Å². The van der Waals surface area contributed by atoms with E-state index in [9.17, 15) is 0 Å². The van der Waals surface area contributed by atoms with Crippen molar-refractivity contribution in [1.82, 2.24) is 0 Å². The SMILES string of the molecule is CC1(C)OB(c2cccc(C(=N)N)c2)OC1(C)C.Cl. The van der Waals surface area contributed by atoms with Gasteiger partial charge in [-0.05, 0) is 33.2 Å². The summed E-state index contributed by atoms with van der Waals surface area (Å²) >= 11 is 0. The molecule has 0 unspecified atom stereocenters. The van der Waals surface area contributed by atoms with Crippen LogP contribution in [-0.2, 0) is 9.31 Å². The number of rotatable bonds is 2. The third-order valence-corrected chi connectivity index (χ3v) is 3.72. The maximum absolute atomic E-state index is 7.45. The van der Waals surface area contributed by atoms with Crippen molar-refractivity contribution in [3.05, 3.63) is 29.8 Å². The van der Waals surface area contributed by atoms with E-state index in [1.807, 2.05) is 45.9 Å². The topological polar surface area (TPSA) is 68.3 Å². The average molecular weight is 283 g/mol. The molecule has 1 saturated heterocycles. The maximum Gasteiger partial charge on any atom is 0.494 e. The van der Waals surface area contributed by atoms with Crippen LogP contribution in [0.25, 0.3) is 0 Å². The summed E-state index contributed by atoms with van der Waals surface area (Å²) in [6.07, 6.45) is 0. The summed E-state index contributed by atoms with van der Waals surface area (Å²) in [4.78, 5) is 0. The van der Waals surface area contributed by atoms with Crippen molar-refractivity contribution in [1.29, 1.82) is 5.41 Å². The Morgan fingerprint density at radius 3 is 2.16 bits per heavy atom. The highest BCUT2D eigenvalue weighted by Crippen LogP contribution is 2.36. The van der Waals surface area contributed by atoms with Crippen molar-refractivity contribution < 1.29 is 9.31 Å². The molecular formula is C13H20BClN2O2. The predicted octanol–water partition coefficient (Wildman–Crippen LogP) is 1.69. The van der Waals surface area contributed by atoms with Crippen LogP contribution >= 0.6 is 12.4 Å². The van der Waals surface area contributed by atoms with Gasteiger partial charge in [0.05, 0.1) is 11.2 Å². The molecule has 3 N–H and O–H groups in total. The molecule has 1 aliphatic rings. The number of nitrogens with two attached hydrogens (primary N) is 1. The minimum absolute atomic E-state index is 0. The Morgan fingerprint density at radius 2 is 1.68 bits per heavy atom. The summed E-state index contributed by atoms with van der Waals surface area (Å²) in [5.41, 5.74) is 6.35. The lowest BCUT2D eigenvalue weighted by atomic mass is 9.78. The highest BCUT2D eigenvalue weighted by molar-refractivity contribution is 6.62. The van der Waals surface area contributed by atoms with Crippen LogP contribution in [0, 0.1) is 5.41 Å². The van der Waals surface area contributed by atoms with Crippen molar-refractivity contribution in [2.75, 3.05) is 0 Å². The van der Waals surface area contributed by atoms with E-state index in [2.05, 4.69) is 0 Å². The molecule has 0 aliphatic carbocycles. The first-order chi connectivity index (χ1) is 8.23. The Hall–Kier alpha value is -1.04. The number of benzene rings is 1. The lowest BCUT2D eigenvalue weighted by Crippen LogP contribution is -2.41. The van der Waals surface area contributed by atoms with Gasteiger partial charge >= 0.3 is 7.12 Å². The molecule has 1 aromatic rings. The van der Waals surface area contributed by atoms with Crippen molar-refractivity contribution in [2.24, 2.45) is 5.73 Å². The molecule has 1 fully saturated rings. The van der Waals surface area contributed by atoms with Crippen LogP contribution in [0.4, 0.5) is 0 Å². The molecule has 1 aliphatic heterocycles. The Morgan fingerprint density at radius 1 is 1.16 bits per heavy atom. The third kappa shape index (κ3) is 2.94.